The second-order valence-electron chi connectivity index (χ2n) is 10.7. The second-order valence-corrected chi connectivity index (χ2v) is 12.8. The van der Waals surface area contributed by atoms with Crippen molar-refractivity contribution in [3.8, 4) is 0 Å². The van der Waals surface area contributed by atoms with Gasteiger partial charge < -0.3 is 0 Å². The molecule has 6 aromatic rings. The fourth-order valence-corrected chi connectivity index (χ4v) is 7.29. The second kappa shape index (κ2) is 14.1. The zero-order chi connectivity index (χ0) is 31.2. The standard InChI is InChI=1S/C37H34Br2N6/c1-42(30-13-5-3-6-14-30)40-26-28-21-23-44(34-19-11-9-17-32(28)34)36(38)25-37(39)45-24-22-29(33-18-10-12-20-35(33)45)27-41-43(2)31-15-7-4-8-16-31/h3-24,26-27,36-37H,25H2,1-2H3/q+2. The lowest BCUT2D eigenvalue weighted by atomic mass is 10.1. The smallest absolute Gasteiger partial charge is 0.219 e. The minimum absolute atomic E-state index is 0.0387. The van der Waals surface area contributed by atoms with Crippen molar-refractivity contribution in [2.24, 2.45) is 10.2 Å². The van der Waals surface area contributed by atoms with E-state index in [-0.39, 0.29) is 9.90 Å². The Labute approximate surface area is 280 Å². The lowest BCUT2D eigenvalue weighted by Crippen LogP contribution is -2.43. The first kappa shape index (κ1) is 30.6. The Kier molecular flexibility index (Phi) is 9.62. The number of hydrogen-bond donors (Lipinski definition) is 0. The number of hydrazone groups is 2. The molecule has 0 N–H and O–H groups in total. The summed E-state index contributed by atoms with van der Waals surface area (Å²) in [6, 6.07) is 41.5. The molecular formula is C37H34Br2N6+2. The molecule has 0 saturated heterocycles. The SMILES string of the molecule is CN(N=Cc1cc[n+](C(Br)CC(Br)[n+]2ccc(C=NN(C)c3ccccc3)c3ccccc32)c2ccccc12)c1ccccc1. The van der Waals surface area contributed by atoms with Gasteiger partial charge in [0.15, 0.2) is 12.4 Å². The van der Waals surface area contributed by atoms with Gasteiger partial charge in [-0.3, -0.25) is 10.0 Å². The summed E-state index contributed by atoms with van der Waals surface area (Å²) in [6.45, 7) is 0. The lowest BCUT2D eigenvalue weighted by Gasteiger charge is -2.14. The highest BCUT2D eigenvalue weighted by Crippen LogP contribution is 2.28. The Morgan fingerprint density at radius 3 is 1.36 bits per heavy atom. The molecule has 0 fully saturated rings. The van der Waals surface area contributed by atoms with E-state index in [4.69, 9.17) is 10.2 Å². The van der Waals surface area contributed by atoms with Crippen LogP contribution in [-0.4, -0.2) is 26.5 Å². The number of rotatable bonds is 10. The van der Waals surface area contributed by atoms with E-state index in [0.29, 0.717) is 0 Å². The Bertz CT molecular complexity index is 1820. The van der Waals surface area contributed by atoms with Crippen LogP contribution >= 0.6 is 31.9 Å². The first-order valence-electron chi connectivity index (χ1n) is 14.8. The van der Waals surface area contributed by atoms with E-state index < -0.39 is 0 Å². The van der Waals surface area contributed by atoms with Crippen molar-refractivity contribution in [1.29, 1.82) is 0 Å². The number of aromatic nitrogens is 2. The van der Waals surface area contributed by atoms with Crippen LogP contribution < -0.4 is 19.2 Å². The maximum atomic E-state index is 4.72. The molecule has 0 amide bonds. The highest BCUT2D eigenvalue weighted by molar-refractivity contribution is 9.09. The molecule has 2 unspecified atom stereocenters. The average molecular weight is 723 g/mol. The number of fused-ring (bicyclic) bond motifs is 2. The van der Waals surface area contributed by atoms with Crippen molar-refractivity contribution in [1.82, 2.24) is 0 Å². The number of para-hydroxylation sites is 4. The van der Waals surface area contributed by atoms with Gasteiger partial charge in [0.05, 0.1) is 41.0 Å². The normalized spacial score (nSPS) is 13.1. The van der Waals surface area contributed by atoms with E-state index in [1.807, 2.05) is 97.2 Å². The molecule has 0 saturated carbocycles. The van der Waals surface area contributed by atoms with Crippen molar-refractivity contribution < 1.29 is 9.13 Å². The number of alkyl halides is 2. The number of nitrogens with zero attached hydrogens (tertiary/aromatic N) is 6. The van der Waals surface area contributed by atoms with Crippen LogP contribution in [0.2, 0.25) is 0 Å². The van der Waals surface area contributed by atoms with E-state index >= 15 is 0 Å². The average Bonchev–Trinajstić information content (AvgIpc) is 3.09. The maximum absolute atomic E-state index is 4.72. The van der Waals surface area contributed by atoms with Crippen LogP contribution in [0.1, 0.15) is 27.4 Å². The van der Waals surface area contributed by atoms with Crippen LogP contribution in [0.3, 0.4) is 0 Å². The molecule has 0 spiro atoms. The van der Waals surface area contributed by atoms with Gasteiger partial charge in [-0.05, 0) is 68.3 Å². The lowest BCUT2D eigenvalue weighted by molar-refractivity contribution is -0.703. The highest BCUT2D eigenvalue weighted by Gasteiger charge is 2.28. The third-order valence-corrected chi connectivity index (χ3v) is 9.44. The third-order valence-electron chi connectivity index (χ3n) is 7.81. The highest BCUT2D eigenvalue weighted by atomic mass is 79.9. The Morgan fingerprint density at radius 1 is 0.556 bits per heavy atom. The minimum Gasteiger partial charge on any atom is -0.269 e. The van der Waals surface area contributed by atoms with E-state index in [0.717, 1.165) is 50.7 Å². The number of halogens is 2. The van der Waals surface area contributed by atoms with Gasteiger partial charge in [-0.15, -0.1) is 0 Å². The van der Waals surface area contributed by atoms with Gasteiger partial charge in [0.25, 0.3) is 0 Å². The van der Waals surface area contributed by atoms with Gasteiger partial charge in [-0.25, -0.2) is 0 Å². The molecule has 0 radical (unpaired) electrons. The molecule has 0 aliphatic heterocycles. The molecule has 0 bridgehead atoms. The Balaban J connectivity index is 1.24. The summed E-state index contributed by atoms with van der Waals surface area (Å²) in [5.74, 6) is 0. The van der Waals surface area contributed by atoms with Crippen molar-refractivity contribution in [2.45, 2.75) is 16.3 Å². The summed E-state index contributed by atoms with van der Waals surface area (Å²) in [4.78, 5) is 0.0774. The third kappa shape index (κ3) is 6.97. The summed E-state index contributed by atoms with van der Waals surface area (Å²) in [5.41, 5.74) is 6.48. The topological polar surface area (TPSA) is 39.0 Å². The van der Waals surface area contributed by atoms with E-state index in [1.165, 1.54) is 0 Å². The van der Waals surface area contributed by atoms with Gasteiger partial charge in [0.2, 0.25) is 20.9 Å². The summed E-state index contributed by atoms with van der Waals surface area (Å²) in [5, 5.41) is 15.5. The molecule has 6 nitrogen and oxygen atoms in total. The fraction of sp³-hybridized carbons (Fsp3) is 0.135. The molecule has 0 aliphatic carbocycles. The van der Waals surface area contributed by atoms with E-state index in [1.54, 1.807) is 0 Å². The molecule has 2 heterocycles. The molecule has 6 rings (SSSR count). The van der Waals surface area contributed by atoms with E-state index in [2.05, 4.69) is 114 Å². The summed E-state index contributed by atoms with van der Waals surface area (Å²) < 4.78 is 4.57. The predicted molar refractivity (Wildman–Crippen MR) is 194 cm³/mol. The van der Waals surface area contributed by atoms with Crippen LogP contribution in [0.4, 0.5) is 11.4 Å². The van der Waals surface area contributed by atoms with Gasteiger partial charge in [-0.1, -0.05) is 60.7 Å². The number of hydrogen-bond acceptors (Lipinski definition) is 4. The summed E-state index contributed by atoms with van der Waals surface area (Å²) >= 11 is 8.03. The number of anilines is 2. The van der Waals surface area contributed by atoms with Crippen LogP contribution in [0.15, 0.2) is 144 Å². The maximum Gasteiger partial charge on any atom is 0.219 e. The van der Waals surface area contributed by atoms with Gasteiger partial charge in [0.1, 0.15) is 0 Å². The molecule has 4 aromatic carbocycles. The zero-order valence-electron chi connectivity index (χ0n) is 25.2. The first-order valence-corrected chi connectivity index (χ1v) is 16.6. The van der Waals surface area contributed by atoms with Crippen LogP contribution in [-0.2, 0) is 0 Å². The molecule has 0 aliphatic rings. The first-order chi connectivity index (χ1) is 22.0. The Hall–Kier alpha value is -4.40. The summed E-state index contributed by atoms with van der Waals surface area (Å²) in [7, 11) is 3.93. The largest absolute Gasteiger partial charge is 0.269 e. The zero-order valence-corrected chi connectivity index (χ0v) is 28.3. The molecule has 2 atom stereocenters. The van der Waals surface area contributed by atoms with Crippen molar-refractivity contribution in [3.63, 3.8) is 0 Å². The van der Waals surface area contributed by atoms with Gasteiger partial charge >= 0.3 is 0 Å². The number of benzene rings is 4. The predicted octanol–water partition coefficient (Wildman–Crippen LogP) is 8.39. The molecule has 8 heteroatoms. The van der Waals surface area contributed by atoms with Crippen molar-refractivity contribution >= 4 is 77.5 Å². The molecule has 224 valence electrons. The van der Waals surface area contributed by atoms with Gasteiger partial charge in [0, 0.05) is 49.5 Å². The number of pyridine rings is 2. The van der Waals surface area contributed by atoms with Crippen LogP contribution in [0, 0.1) is 0 Å². The van der Waals surface area contributed by atoms with E-state index in [9.17, 15) is 0 Å². The van der Waals surface area contributed by atoms with Crippen molar-refractivity contribution in [3.05, 3.63) is 145 Å². The van der Waals surface area contributed by atoms with Crippen LogP contribution in [0.25, 0.3) is 21.8 Å². The minimum atomic E-state index is 0.0387. The fourth-order valence-electron chi connectivity index (χ4n) is 5.37. The molecule has 2 aromatic heterocycles. The summed E-state index contributed by atoms with van der Waals surface area (Å²) in [6.07, 6.45) is 8.94. The quantitative estimate of drug-likeness (QED) is 0.0617. The molecule has 45 heavy (non-hydrogen) atoms. The van der Waals surface area contributed by atoms with Crippen LogP contribution in [0.5, 0.6) is 0 Å². The molecular weight excluding hydrogens is 688 g/mol. The Morgan fingerprint density at radius 2 is 0.933 bits per heavy atom. The monoisotopic (exact) mass is 720 g/mol. The van der Waals surface area contributed by atoms with Gasteiger partial charge in [-0.2, -0.15) is 19.3 Å². The van der Waals surface area contributed by atoms with Crippen molar-refractivity contribution in [2.75, 3.05) is 24.1 Å².